The van der Waals surface area contributed by atoms with Crippen molar-refractivity contribution in [3.8, 4) is 5.75 Å². The number of hydrogen-bond donors (Lipinski definition) is 3. The van der Waals surface area contributed by atoms with E-state index in [0.717, 1.165) is 17.7 Å². The Morgan fingerprint density at radius 3 is 2.41 bits per heavy atom. The Morgan fingerprint density at radius 2 is 1.82 bits per heavy atom. The van der Waals surface area contributed by atoms with E-state index in [2.05, 4.69) is 24.5 Å². The van der Waals surface area contributed by atoms with Crippen LogP contribution in [0.2, 0.25) is 0 Å². The lowest BCUT2D eigenvalue weighted by Gasteiger charge is -2.09. The molecule has 0 saturated carbocycles. The highest BCUT2D eigenvalue weighted by molar-refractivity contribution is 5.85. The van der Waals surface area contributed by atoms with E-state index < -0.39 is 0 Å². The molecule has 0 aromatic heterocycles. The molecule has 2 amide bonds. The van der Waals surface area contributed by atoms with Crippen molar-refractivity contribution in [1.29, 1.82) is 0 Å². The Kier molecular flexibility index (Phi) is 7.99. The summed E-state index contributed by atoms with van der Waals surface area (Å²) < 4.78 is 5.61. The molecule has 0 aliphatic carbocycles. The van der Waals surface area contributed by atoms with E-state index in [1.54, 1.807) is 0 Å². The van der Waals surface area contributed by atoms with E-state index >= 15 is 0 Å². The van der Waals surface area contributed by atoms with Gasteiger partial charge in [-0.15, -0.1) is 0 Å². The van der Waals surface area contributed by atoms with E-state index in [4.69, 9.17) is 10.5 Å². The summed E-state index contributed by atoms with van der Waals surface area (Å²) >= 11 is 0. The third-order valence-corrected chi connectivity index (χ3v) is 2.87. The van der Waals surface area contributed by atoms with Crippen LogP contribution in [0.15, 0.2) is 24.3 Å². The van der Waals surface area contributed by atoms with E-state index in [-0.39, 0.29) is 24.9 Å². The summed E-state index contributed by atoms with van der Waals surface area (Å²) in [7, 11) is 0. The van der Waals surface area contributed by atoms with Crippen molar-refractivity contribution in [3.63, 3.8) is 0 Å². The van der Waals surface area contributed by atoms with Crippen LogP contribution in [-0.2, 0) is 16.0 Å². The van der Waals surface area contributed by atoms with Crippen molar-refractivity contribution < 1.29 is 14.3 Å². The Labute approximate surface area is 131 Å². The zero-order valence-corrected chi connectivity index (χ0v) is 13.2. The first-order valence-corrected chi connectivity index (χ1v) is 7.46. The highest BCUT2D eigenvalue weighted by atomic mass is 16.5. The summed E-state index contributed by atoms with van der Waals surface area (Å²) in [5, 5.41) is 5.16. The average molecular weight is 307 g/mol. The number of benzene rings is 1. The van der Waals surface area contributed by atoms with E-state index in [1.807, 2.05) is 24.3 Å². The molecule has 0 unspecified atom stereocenters. The second kappa shape index (κ2) is 9.78. The number of ether oxygens (including phenoxy) is 1. The highest BCUT2D eigenvalue weighted by Crippen LogP contribution is 2.13. The maximum atomic E-state index is 11.5. The van der Waals surface area contributed by atoms with Crippen LogP contribution >= 0.6 is 0 Å². The molecule has 122 valence electrons. The molecule has 0 bridgehead atoms. The number of carbonyl (C=O) groups excluding carboxylic acids is 2. The molecule has 6 heteroatoms. The van der Waals surface area contributed by atoms with Crippen molar-refractivity contribution in [2.45, 2.75) is 20.3 Å². The quantitative estimate of drug-likeness (QED) is 0.618. The monoisotopic (exact) mass is 307 g/mol. The molecule has 0 radical (unpaired) electrons. The van der Waals surface area contributed by atoms with Crippen LogP contribution in [0.3, 0.4) is 0 Å². The van der Waals surface area contributed by atoms with Crippen LogP contribution in [0.4, 0.5) is 0 Å². The van der Waals surface area contributed by atoms with Gasteiger partial charge in [0.25, 0.3) is 0 Å². The lowest BCUT2D eigenvalue weighted by Crippen LogP contribution is -2.40. The van der Waals surface area contributed by atoms with Gasteiger partial charge in [0.05, 0.1) is 19.7 Å². The van der Waals surface area contributed by atoms with Gasteiger partial charge in [-0.1, -0.05) is 26.0 Å². The summed E-state index contributed by atoms with van der Waals surface area (Å²) in [4.78, 5) is 22.4. The van der Waals surface area contributed by atoms with Crippen LogP contribution in [-0.4, -0.2) is 38.1 Å². The highest BCUT2D eigenvalue weighted by Gasteiger charge is 2.03. The van der Waals surface area contributed by atoms with Crippen LogP contribution in [0.25, 0.3) is 0 Å². The summed E-state index contributed by atoms with van der Waals surface area (Å²) in [6.45, 7) is 5.27. The van der Waals surface area contributed by atoms with E-state index in [1.165, 1.54) is 0 Å². The number of carbonyl (C=O) groups is 2. The Hall–Kier alpha value is -2.08. The van der Waals surface area contributed by atoms with Gasteiger partial charge in [0.2, 0.25) is 11.8 Å². The van der Waals surface area contributed by atoms with Crippen LogP contribution in [0.1, 0.15) is 19.4 Å². The molecule has 0 aliphatic heterocycles. The van der Waals surface area contributed by atoms with Gasteiger partial charge in [-0.25, -0.2) is 0 Å². The second-order valence-electron chi connectivity index (χ2n) is 5.43. The van der Waals surface area contributed by atoms with Crippen molar-refractivity contribution >= 4 is 11.8 Å². The molecule has 22 heavy (non-hydrogen) atoms. The molecule has 4 N–H and O–H groups in total. The predicted octanol–water partition coefficient (Wildman–Crippen LogP) is 0.455. The summed E-state index contributed by atoms with van der Waals surface area (Å²) in [5.74, 6) is 0.784. The van der Waals surface area contributed by atoms with Gasteiger partial charge in [-0.3, -0.25) is 9.59 Å². The van der Waals surface area contributed by atoms with Gasteiger partial charge in [0.15, 0.2) is 0 Å². The minimum absolute atomic E-state index is 0.0436. The predicted molar refractivity (Wildman–Crippen MR) is 85.6 cm³/mol. The zero-order valence-electron chi connectivity index (χ0n) is 13.2. The van der Waals surface area contributed by atoms with Gasteiger partial charge in [0.1, 0.15) is 5.75 Å². The minimum atomic E-state index is -0.341. The second-order valence-corrected chi connectivity index (χ2v) is 5.43. The van der Waals surface area contributed by atoms with Crippen molar-refractivity contribution in [3.05, 3.63) is 29.8 Å². The summed E-state index contributed by atoms with van der Waals surface area (Å²) in [6, 6.07) is 7.83. The maximum absolute atomic E-state index is 11.5. The van der Waals surface area contributed by atoms with E-state index in [0.29, 0.717) is 19.1 Å². The lowest BCUT2D eigenvalue weighted by molar-refractivity contribution is -0.125. The molecule has 1 aromatic rings. The Bertz CT molecular complexity index is 472. The SMILES string of the molecule is CC(C)COc1ccc(CCNC(=O)CNC(=O)CN)cc1. The van der Waals surface area contributed by atoms with Crippen LogP contribution < -0.4 is 21.1 Å². The van der Waals surface area contributed by atoms with Gasteiger partial charge in [-0.05, 0) is 30.0 Å². The molecule has 0 atom stereocenters. The topological polar surface area (TPSA) is 93.5 Å². The standard InChI is InChI=1S/C16H25N3O3/c1-12(2)11-22-14-5-3-13(4-6-14)7-8-18-16(21)10-19-15(20)9-17/h3-6,12H,7-11,17H2,1-2H3,(H,18,21)(H,19,20). The molecule has 0 aliphatic rings. The molecule has 1 aromatic carbocycles. The minimum Gasteiger partial charge on any atom is -0.493 e. The molecule has 0 heterocycles. The Balaban J connectivity index is 2.24. The molecule has 6 nitrogen and oxygen atoms in total. The van der Waals surface area contributed by atoms with Crippen molar-refractivity contribution in [2.24, 2.45) is 11.7 Å². The largest absolute Gasteiger partial charge is 0.493 e. The molecule has 0 saturated heterocycles. The molecule has 0 spiro atoms. The number of nitrogens with one attached hydrogen (secondary N) is 2. The third kappa shape index (κ3) is 7.64. The van der Waals surface area contributed by atoms with Crippen LogP contribution in [0, 0.1) is 5.92 Å². The van der Waals surface area contributed by atoms with Gasteiger partial charge in [0, 0.05) is 6.54 Å². The van der Waals surface area contributed by atoms with Crippen molar-refractivity contribution in [2.75, 3.05) is 26.2 Å². The number of hydrogen-bond acceptors (Lipinski definition) is 4. The van der Waals surface area contributed by atoms with Crippen LogP contribution in [0.5, 0.6) is 5.75 Å². The fraction of sp³-hybridized carbons (Fsp3) is 0.500. The molecular weight excluding hydrogens is 282 g/mol. The molecular formula is C16H25N3O3. The lowest BCUT2D eigenvalue weighted by atomic mass is 10.1. The number of amides is 2. The first kappa shape index (κ1) is 18.0. The first-order valence-electron chi connectivity index (χ1n) is 7.46. The smallest absolute Gasteiger partial charge is 0.239 e. The van der Waals surface area contributed by atoms with Gasteiger partial charge >= 0.3 is 0 Å². The zero-order chi connectivity index (χ0) is 16.4. The van der Waals surface area contributed by atoms with Crippen molar-refractivity contribution in [1.82, 2.24) is 10.6 Å². The van der Waals surface area contributed by atoms with E-state index in [9.17, 15) is 9.59 Å². The van der Waals surface area contributed by atoms with Gasteiger partial charge in [-0.2, -0.15) is 0 Å². The average Bonchev–Trinajstić information content (AvgIpc) is 2.51. The number of nitrogens with two attached hydrogens (primary N) is 1. The summed E-state index contributed by atoms with van der Waals surface area (Å²) in [6.07, 6.45) is 0.723. The third-order valence-electron chi connectivity index (χ3n) is 2.87. The fourth-order valence-corrected chi connectivity index (χ4v) is 1.68. The molecule has 0 fully saturated rings. The number of rotatable bonds is 9. The summed E-state index contributed by atoms with van der Waals surface area (Å²) in [5.41, 5.74) is 6.24. The molecule has 1 rings (SSSR count). The normalized spacial score (nSPS) is 10.4. The Morgan fingerprint density at radius 1 is 1.14 bits per heavy atom. The first-order chi connectivity index (χ1) is 10.5. The fourth-order valence-electron chi connectivity index (χ4n) is 1.68. The maximum Gasteiger partial charge on any atom is 0.239 e. The van der Waals surface area contributed by atoms with Gasteiger partial charge < -0.3 is 21.1 Å².